The Morgan fingerprint density at radius 2 is 1.89 bits per heavy atom. The van der Waals surface area contributed by atoms with E-state index in [2.05, 4.69) is 10.2 Å². The fraction of sp³-hybridized carbons (Fsp3) is 0.600. The van der Waals surface area contributed by atoms with Gasteiger partial charge in [-0.05, 0) is 38.3 Å². The summed E-state index contributed by atoms with van der Waals surface area (Å²) in [5, 5.41) is 3.37. The molecule has 3 rings (SSSR count). The van der Waals surface area contributed by atoms with Gasteiger partial charge in [0.2, 0.25) is 0 Å². The zero-order valence-corrected chi connectivity index (χ0v) is 11.2. The summed E-state index contributed by atoms with van der Waals surface area (Å²) >= 11 is 0. The Morgan fingerprint density at radius 3 is 2.53 bits per heavy atom. The summed E-state index contributed by atoms with van der Waals surface area (Å²) in [5.74, 6) is -0.922. The molecule has 1 aliphatic heterocycles. The lowest BCUT2D eigenvalue weighted by Gasteiger charge is -2.21. The first-order valence-corrected chi connectivity index (χ1v) is 7.09. The summed E-state index contributed by atoms with van der Waals surface area (Å²) in [6, 6.07) is 4.88. The van der Waals surface area contributed by atoms with Gasteiger partial charge in [0.15, 0.2) is 0 Å². The molecule has 1 N–H and O–H groups in total. The highest BCUT2D eigenvalue weighted by Gasteiger charge is 2.34. The molecule has 19 heavy (non-hydrogen) atoms. The van der Waals surface area contributed by atoms with Crippen LogP contribution in [-0.2, 0) is 0 Å². The van der Waals surface area contributed by atoms with Gasteiger partial charge in [-0.2, -0.15) is 0 Å². The van der Waals surface area contributed by atoms with Gasteiger partial charge in [-0.3, -0.25) is 4.90 Å². The van der Waals surface area contributed by atoms with Crippen molar-refractivity contribution >= 4 is 0 Å². The maximum Gasteiger partial charge on any atom is 0.130 e. The number of likely N-dealkylation sites (tertiary alicyclic amines) is 1. The zero-order valence-electron chi connectivity index (χ0n) is 11.2. The van der Waals surface area contributed by atoms with Crippen molar-refractivity contribution in [2.45, 2.75) is 44.3 Å². The van der Waals surface area contributed by atoms with E-state index in [1.165, 1.54) is 31.0 Å². The summed E-state index contributed by atoms with van der Waals surface area (Å²) < 4.78 is 27.4. The normalized spacial score (nSPS) is 25.7. The van der Waals surface area contributed by atoms with E-state index in [1.807, 2.05) is 6.92 Å². The molecule has 104 valence electrons. The van der Waals surface area contributed by atoms with E-state index in [1.54, 1.807) is 0 Å². The Morgan fingerprint density at radius 1 is 1.21 bits per heavy atom. The van der Waals surface area contributed by atoms with Gasteiger partial charge in [-0.1, -0.05) is 6.07 Å². The Balaban J connectivity index is 1.63. The Hall–Kier alpha value is -1.00. The molecule has 1 heterocycles. The van der Waals surface area contributed by atoms with Gasteiger partial charge in [0.25, 0.3) is 0 Å². The molecule has 0 aromatic heterocycles. The van der Waals surface area contributed by atoms with Gasteiger partial charge in [0, 0.05) is 36.8 Å². The number of benzene rings is 1. The van der Waals surface area contributed by atoms with E-state index < -0.39 is 11.6 Å². The van der Waals surface area contributed by atoms with Crippen molar-refractivity contribution in [3.8, 4) is 0 Å². The first-order chi connectivity index (χ1) is 9.15. The molecule has 0 spiro atoms. The third kappa shape index (κ3) is 2.79. The summed E-state index contributed by atoms with van der Waals surface area (Å²) in [5.41, 5.74) is 0.160. The standard InChI is InChI=1S/C15H20F2N2/c1-10(15-13(16)3-2-4-14(15)17)18-11-7-8-19(9-11)12-5-6-12/h2-4,10-12,18H,5-9H2,1H3. The van der Waals surface area contributed by atoms with E-state index >= 15 is 0 Å². The lowest BCUT2D eigenvalue weighted by atomic mass is 10.1. The summed E-state index contributed by atoms with van der Waals surface area (Å²) in [6.45, 7) is 3.95. The molecule has 2 unspecified atom stereocenters. The molecule has 2 nitrogen and oxygen atoms in total. The predicted molar refractivity (Wildman–Crippen MR) is 70.9 cm³/mol. The highest BCUT2D eigenvalue weighted by Crippen LogP contribution is 2.30. The minimum absolute atomic E-state index is 0.160. The Labute approximate surface area is 112 Å². The van der Waals surface area contributed by atoms with Crippen molar-refractivity contribution in [1.82, 2.24) is 10.2 Å². The second-order valence-electron chi connectivity index (χ2n) is 5.74. The monoisotopic (exact) mass is 266 g/mol. The maximum absolute atomic E-state index is 13.7. The summed E-state index contributed by atoms with van der Waals surface area (Å²) in [6.07, 6.45) is 3.69. The molecule has 0 bridgehead atoms. The third-order valence-corrected chi connectivity index (χ3v) is 4.20. The molecule has 2 atom stereocenters. The Bertz CT molecular complexity index is 439. The molecule has 0 amide bonds. The van der Waals surface area contributed by atoms with Crippen LogP contribution in [0.3, 0.4) is 0 Å². The van der Waals surface area contributed by atoms with Crippen LogP contribution < -0.4 is 5.32 Å². The summed E-state index contributed by atoms with van der Waals surface area (Å²) in [7, 11) is 0. The molecule has 1 aromatic rings. The lowest BCUT2D eigenvalue weighted by Crippen LogP contribution is -2.35. The van der Waals surface area contributed by atoms with Gasteiger partial charge in [-0.25, -0.2) is 8.78 Å². The Kier molecular flexibility index (Phi) is 3.54. The zero-order chi connectivity index (χ0) is 13.4. The average molecular weight is 266 g/mol. The van der Waals surface area contributed by atoms with E-state index in [9.17, 15) is 8.78 Å². The number of hydrogen-bond donors (Lipinski definition) is 1. The summed E-state index contributed by atoms with van der Waals surface area (Å²) in [4.78, 5) is 2.49. The molecule has 1 saturated carbocycles. The van der Waals surface area contributed by atoms with Crippen LogP contribution in [0.4, 0.5) is 8.78 Å². The van der Waals surface area contributed by atoms with Crippen molar-refractivity contribution in [2.75, 3.05) is 13.1 Å². The fourth-order valence-corrected chi connectivity index (χ4v) is 3.06. The second-order valence-corrected chi connectivity index (χ2v) is 5.74. The molecule has 2 fully saturated rings. The minimum Gasteiger partial charge on any atom is -0.306 e. The molecule has 0 radical (unpaired) electrons. The quantitative estimate of drug-likeness (QED) is 0.901. The van der Waals surface area contributed by atoms with Crippen molar-refractivity contribution in [3.63, 3.8) is 0 Å². The predicted octanol–water partition coefficient (Wildman–Crippen LogP) is 2.85. The molecule has 1 saturated heterocycles. The molecule has 1 aliphatic carbocycles. The SMILES string of the molecule is CC(NC1CCN(C2CC2)C1)c1c(F)cccc1F. The van der Waals surface area contributed by atoms with E-state index in [-0.39, 0.29) is 11.6 Å². The van der Waals surface area contributed by atoms with Crippen LogP contribution in [0, 0.1) is 11.6 Å². The molecule has 1 aromatic carbocycles. The topological polar surface area (TPSA) is 15.3 Å². The third-order valence-electron chi connectivity index (χ3n) is 4.20. The van der Waals surface area contributed by atoms with Crippen molar-refractivity contribution in [2.24, 2.45) is 0 Å². The van der Waals surface area contributed by atoms with Crippen LogP contribution in [0.25, 0.3) is 0 Å². The minimum atomic E-state index is -0.461. The number of rotatable bonds is 4. The number of nitrogens with one attached hydrogen (secondary N) is 1. The highest BCUT2D eigenvalue weighted by atomic mass is 19.1. The number of nitrogens with zero attached hydrogens (tertiary/aromatic N) is 1. The van der Waals surface area contributed by atoms with Gasteiger partial charge < -0.3 is 5.32 Å². The van der Waals surface area contributed by atoms with Gasteiger partial charge in [-0.15, -0.1) is 0 Å². The smallest absolute Gasteiger partial charge is 0.130 e. The largest absolute Gasteiger partial charge is 0.306 e. The van der Waals surface area contributed by atoms with Crippen LogP contribution >= 0.6 is 0 Å². The van der Waals surface area contributed by atoms with Gasteiger partial charge in [0.05, 0.1) is 0 Å². The lowest BCUT2D eigenvalue weighted by molar-refractivity contribution is 0.312. The van der Waals surface area contributed by atoms with Crippen LogP contribution in [0.1, 0.15) is 37.8 Å². The number of halogens is 2. The average Bonchev–Trinajstić information content (AvgIpc) is 3.10. The molecule has 4 heteroatoms. The first-order valence-electron chi connectivity index (χ1n) is 7.09. The van der Waals surface area contributed by atoms with E-state index in [4.69, 9.17) is 0 Å². The first kappa shape index (κ1) is 13.0. The van der Waals surface area contributed by atoms with Crippen molar-refractivity contribution in [1.29, 1.82) is 0 Å². The van der Waals surface area contributed by atoms with Crippen LogP contribution in [0.5, 0.6) is 0 Å². The fourth-order valence-electron chi connectivity index (χ4n) is 3.06. The van der Waals surface area contributed by atoms with Crippen molar-refractivity contribution in [3.05, 3.63) is 35.4 Å². The van der Waals surface area contributed by atoms with Crippen LogP contribution in [0.2, 0.25) is 0 Å². The molecule has 2 aliphatic rings. The maximum atomic E-state index is 13.7. The van der Waals surface area contributed by atoms with Crippen molar-refractivity contribution < 1.29 is 8.78 Å². The highest BCUT2D eigenvalue weighted by molar-refractivity contribution is 5.23. The van der Waals surface area contributed by atoms with Crippen LogP contribution in [0.15, 0.2) is 18.2 Å². The molecular weight excluding hydrogens is 246 g/mol. The van der Waals surface area contributed by atoms with Gasteiger partial charge in [0.1, 0.15) is 11.6 Å². The number of hydrogen-bond acceptors (Lipinski definition) is 2. The molecular formula is C15H20F2N2. The van der Waals surface area contributed by atoms with Gasteiger partial charge >= 0.3 is 0 Å². The second kappa shape index (κ2) is 5.17. The van der Waals surface area contributed by atoms with E-state index in [0.29, 0.717) is 6.04 Å². The van der Waals surface area contributed by atoms with Crippen LogP contribution in [-0.4, -0.2) is 30.1 Å². The van der Waals surface area contributed by atoms with E-state index in [0.717, 1.165) is 25.6 Å².